The van der Waals surface area contributed by atoms with Crippen LogP contribution >= 0.6 is 0 Å². The van der Waals surface area contributed by atoms with E-state index in [1.54, 1.807) is 31.6 Å². The number of nitrogens with one attached hydrogen (secondary N) is 1. The van der Waals surface area contributed by atoms with Crippen LogP contribution in [0.25, 0.3) is 33.4 Å². The molecule has 0 radical (unpaired) electrons. The maximum absolute atomic E-state index is 11.8. The fourth-order valence-electron chi connectivity index (χ4n) is 4.20. The van der Waals surface area contributed by atoms with Gasteiger partial charge in [0.1, 0.15) is 17.8 Å². The number of nitrogens with two attached hydrogens (primary N) is 1. The number of aromatic nitrogens is 5. The summed E-state index contributed by atoms with van der Waals surface area (Å²) in [5, 5.41) is 3.61. The summed E-state index contributed by atoms with van der Waals surface area (Å²) in [5.41, 5.74) is 11.3. The summed E-state index contributed by atoms with van der Waals surface area (Å²) in [7, 11) is 3.50. The minimum absolute atomic E-state index is 0.0450. The van der Waals surface area contributed by atoms with E-state index < -0.39 is 0 Å². The topological polar surface area (TPSA) is 130 Å². The van der Waals surface area contributed by atoms with Gasteiger partial charge in [-0.1, -0.05) is 25.1 Å². The number of nitrogens with zero attached hydrogens (tertiary/aromatic N) is 5. The number of anilines is 2. The number of carbonyl (C=O) groups is 1. The summed E-state index contributed by atoms with van der Waals surface area (Å²) in [6.45, 7) is 1.81. The Morgan fingerprint density at radius 3 is 2.43 bits per heavy atom. The number of amides is 1. The average Bonchev–Trinajstić information content (AvgIpc) is 3.23. The van der Waals surface area contributed by atoms with E-state index in [1.807, 2.05) is 54.9 Å². The molecule has 0 atom stereocenters. The SMILES string of the molecule is CCC(=O)Nc1ccc(-c2c(-c3ccc(Oc4ncccn4)c(OC)c3)c3c(N)ncnc3n2C)cc1. The fourth-order valence-corrected chi connectivity index (χ4v) is 4.20. The first kappa shape index (κ1) is 23.7. The Morgan fingerprint density at radius 1 is 1.00 bits per heavy atom. The van der Waals surface area contributed by atoms with Crippen molar-refractivity contribution in [2.45, 2.75) is 13.3 Å². The molecule has 3 aromatic heterocycles. The zero-order valence-electron chi connectivity index (χ0n) is 20.6. The van der Waals surface area contributed by atoms with Crippen LogP contribution in [0.1, 0.15) is 13.3 Å². The number of ether oxygens (including phenoxy) is 2. The van der Waals surface area contributed by atoms with Crippen LogP contribution in [0.15, 0.2) is 67.3 Å². The highest BCUT2D eigenvalue weighted by Gasteiger charge is 2.23. The third kappa shape index (κ3) is 4.52. The van der Waals surface area contributed by atoms with Crippen molar-refractivity contribution < 1.29 is 14.3 Å². The van der Waals surface area contributed by atoms with Gasteiger partial charge in [-0.05, 0) is 41.5 Å². The van der Waals surface area contributed by atoms with Gasteiger partial charge in [0.2, 0.25) is 5.91 Å². The molecule has 3 N–H and O–H groups in total. The molecule has 0 fully saturated rings. The van der Waals surface area contributed by atoms with Crippen molar-refractivity contribution >= 4 is 28.4 Å². The molecular formula is C27H25N7O3. The van der Waals surface area contributed by atoms with Crippen molar-refractivity contribution in [1.29, 1.82) is 0 Å². The molecule has 0 bridgehead atoms. The molecule has 0 aliphatic rings. The molecule has 0 aliphatic carbocycles. The first-order valence-corrected chi connectivity index (χ1v) is 11.6. The molecule has 0 unspecified atom stereocenters. The molecular weight excluding hydrogens is 470 g/mol. The number of hydrogen-bond donors (Lipinski definition) is 2. The summed E-state index contributed by atoms with van der Waals surface area (Å²) >= 11 is 0. The molecule has 1 amide bonds. The highest BCUT2D eigenvalue weighted by atomic mass is 16.5. The van der Waals surface area contributed by atoms with Crippen molar-refractivity contribution in [3.8, 4) is 39.9 Å². The standard InChI is InChI=1S/C27H25N7O3/c1-4-21(35)33-18-9-6-16(7-10-18)24-22(23-25(28)31-15-32-26(23)34(24)2)17-8-11-19(20(14-17)36-3)37-27-29-12-5-13-30-27/h5-15H,4H2,1-3H3,(H,33,35)(H2,28,31,32). The number of carbonyl (C=O) groups excluding carboxylic acids is 1. The zero-order chi connectivity index (χ0) is 25.9. The van der Waals surface area contributed by atoms with Gasteiger partial charge in [-0.15, -0.1) is 0 Å². The molecule has 0 aliphatic heterocycles. The fraction of sp³-hybridized carbons (Fsp3) is 0.148. The third-order valence-electron chi connectivity index (χ3n) is 5.96. The Hall–Kier alpha value is -4.99. The normalized spacial score (nSPS) is 10.9. The van der Waals surface area contributed by atoms with Crippen LogP contribution in [-0.4, -0.2) is 37.5 Å². The molecule has 186 valence electrons. The summed E-state index contributed by atoms with van der Waals surface area (Å²) in [4.78, 5) is 28.8. The van der Waals surface area contributed by atoms with Crippen LogP contribution in [-0.2, 0) is 11.8 Å². The lowest BCUT2D eigenvalue weighted by molar-refractivity contribution is -0.115. The molecule has 0 saturated heterocycles. The van der Waals surface area contributed by atoms with Crippen molar-refractivity contribution in [2.75, 3.05) is 18.2 Å². The molecule has 10 heteroatoms. The van der Waals surface area contributed by atoms with Crippen LogP contribution in [0.5, 0.6) is 17.5 Å². The summed E-state index contributed by atoms with van der Waals surface area (Å²) in [6.07, 6.45) is 5.07. The number of aryl methyl sites for hydroxylation is 1. The Balaban J connectivity index is 1.65. The highest BCUT2D eigenvalue weighted by Crippen LogP contribution is 2.44. The van der Waals surface area contributed by atoms with E-state index in [4.69, 9.17) is 15.2 Å². The molecule has 3 heterocycles. The predicted molar refractivity (Wildman–Crippen MR) is 141 cm³/mol. The number of hydrogen-bond acceptors (Lipinski definition) is 8. The summed E-state index contributed by atoms with van der Waals surface area (Å²) < 4.78 is 13.5. The van der Waals surface area contributed by atoms with Gasteiger partial charge in [0.15, 0.2) is 11.5 Å². The lowest BCUT2D eigenvalue weighted by Crippen LogP contribution is -2.09. The predicted octanol–water partition coefficient (Wildman–Crippen LogP) is 4.82. The van der Waals surface area contributed by atoms with Crippen molar-refractivity contribution in [1.82, 2.24) is 24.5 Å². The quantitative estimate of drug-likeness (QED) is 0.329. The van der Waals surface area contributed by atoms with Crippen LogP contribution in [0.2, 0.25) is 0 Å². The Labute approximate surface area is 213 Å². The van der Waals surface area contributed by atoms with Crippen LogP contribution < -0.4 is 20.5 Å². The van der Waals surface area contributed by atoms with Gasteiger partial charge in [-0.3, -0.25) is 4.79 Å². The van der Waals surface area contributed by atoms with Gasteiger partial charge in [-0.25, -0.2) is 19.9 Å². The minimum atomic E-state index is -0.0450. The molecule has 5 aromatic rings. The average molecular weight is 496 g/mol. The van der Waals surface area contributed by atoms with Crippen LogP contribution in [0.4, 0.5) is 11.5 Å². The monoisotopic (exact) mass is 495 g/mol. The maximum Gasteiger partial charge on any atom is 0.321 e. The number of fused-ring (bicyclic) bond motifs is 1. The Morgan fingerprint density at radius 2 is 1.73 bits per heavy atom. The largest absolute Gasteiger partial charge is 0.493 e. The number of nitrogen functional groups attached to an aromatic ring is 1. The Kier molecular flexibility index (Phi) is 6.38. The van der Waals surface area contributed by atoms with Gasteiger partial charge in [-0.2, -0.15) is 0 Å². The zero-order valence-corrected chi connectivity index (χ0v) is 20.6. The van der Waals surface area contributed by atoms with E-state index in [2.05, 4.69) is 25.3 Å². The molecule has 0 saturated carbocycles. The van der Waals surface area contributed by atoms with Crippen molar-refractivity contribution in [3.63, 3.8) is 0 Å². The van der Waals surface area contributed by atoms with Gasteiger partial charge < -0.3 is 25.1 Å². The molecule has 0 spiro atoms. The Bertz CT molecular complexity index is 1580. The molecule has 5 rings (SSSR count). The number of benzene rings is 2. The molecule has 37 heavy (non-hydrogen) atoms. The van der Waals surface area contributed by atoms with E-state index in [9.17, 15) is 4.79 Å². The van der Waals surface area contributed by atoms with Crippen molar-refractivity contribution in [2.24, 2.45) is 7.05 Å². The van der Waals surface area contributed by atoms with E-state index in [-0.39, 0.29) is 11.9 Å². The third-order valence-corrected chi connectivity index (χ3v) is 5.96. The lowest BCUT2D eigenvalue weighted by Gasteiger charge is -2.13. The maximum atomic E-state index is 11.8. The highest BCUT2D eigenvalue weighted by molar-refractivity contribution is 6.08. The first-order chi connectivity index (χ1) is 18.0. The van der Waals surface area contributed by atoms with Gasteiger partial charge in [0, 0.05) is 37.1 Å². The van der Waals surface area contributed by atoms with Gasteiger partial charge >= 0.3 is 6.01 Å². The number of methoxy groups -OCH3 is 1. The van der Waals surface area contributed by atoms with E-state index in [0.29, 0.717) is 29.4 Å². The lowest BCUT2D eigenvalue weighted by atomic mass is 9.98. The van der Waals surface area contributed by atoms with Gasteiger partial charge in [0.05, 0.1) is 18.2 Å². The second-order valence-electron chi connectivity index (χ2n) is 8.22. The molecule has 2 aromatic carbocycles. The van der Waals surface area contributed by atoms with E-state index in [0.717, 1.165) is 33.5 Å². The second-order valence-corrected chi connectivity index (χ2v) is 8.22. The minimum Gasteiger partial charge on any atom is -0.493 e. The van der Waals surface area contributed by atoms with E-state index >= 15 is 0 Å². The number of rotatable bonds is 7. The van der Waals surface area contributed by atoms with Crippen molar-refractivity contribution in [3.05, 3.63) is 67.3 Å². The van der Waals surface area contributed by atoms with Crippen LogP contribution in [0, 0.1) is 0 Å². The summed E-state index contributed by atoms with van der Waals surface area (Å²) in [5.74, 6) is 1.29. The van der Waals surface area contributed by atoms with Crippen LogP contribution in [0.3, 0.4) is 0 Å². The second kappa shape index (κ2) is 9.94. The first-order valence-electron chi connectivity index (χ1n) is 11.6. The van der Waals surface area contributed by atoms with E-state index in [1.165, 1.54) is 6.33 Å². The van der Waals surface area contributed by atoms with Gasteiger partial charge in [0.25, 0.3) is 0 Å². The smallest absolute Gasteiger partial charge is 0.321 e. The summed E-state index contributed by atoms with van der Waals surface area (Å²) in [6, 6.07) is 15.2. The molecule has 10 nitrogen and oxygen atoms in total.